The van der Waals surface area contributed by atoms with Crippen molar-refractivity contribution in [1.29, 1.82) is 0 Å². The fourth-order valence-electron chi connectivity index (χ4n) is 1.22. The number of benzene rings is 1. The fourth-order valence-corrected chi connectivity index (χ4v) is 1.22. The van der Waals surface area contributed by atoms with Crippen LogP contribution in [0.1, 0.15) is 10.4 Å². The molecule has 0 fully saturated rings. The van der Waals surface area contributed by atoms with Crippen LogP contribution < -0.4 is 11.5 Å². The molecule has 1 aromatic carbocycles. The van der Waals surface area contributed by atoms with Crippen LogP contribution >= 0.6 is 0 Å². The molecule has 13 heavy (non-hydrogen) atoms. The normalized spacial score (nSPS) is 10.5. The molecule has 0 spiro atoms. The quantitative estimate of drug-likeness (QED) is 0.543. The SMILES string of the molecule is NC(=O)c1cc2[nH]ncc2cc1N. The molecule has 0 saturated carbocycles. The summed E-state index contributed by atoms with van der Waals surface area (Å²) in [6.07, 6.45) is 1.64. The summed E-state index contributed by atoms with van der Waals surface area (Å²) in [6, 6.07) is 3.26. The molecule has 2 rings (SSSR count). The monoisotopic (exact) mass is 176 g/mol. The van der Waals surface area contributed by atoms with Crippen molar-refractivity contribution in [2.45, 2.75) is 0 Å². The molecule has 5 heteroatoms. The fraction of sp³-hybridized carbons (Fsp3) is 0. The summed E-state index contributed by atoms with van der Waals surface area (Å²) in [5, 5.41) is 7.40. The van der Waals surface area contributed by atoms with Crippen molar-refractivity contribution in [3.8, 4) is 0 Å². The van der Waals surface area contributed by atoms with Gasteiger partial charge in [-0.1, -0.05) is 0 Å². The molecule has 0 aliphatic rings. The Morgan fingerprint density at radius 2 is 2.23 bits per heavy atom. The van der Waals surface area contributed by atoms with Crippen LogP contribution in [0.4, 0.5) is 5.69 Å². The highest BCUT2D eigenvalue weighted by Gasteiger charge is 2.07. The molecule has 0 aliphatic heterocycles. The molecule has 5 N–H and O–H groups in total. The maximum Gasteiger partial charge on any atom is 0.250 e. The maximum atomic E-state index is 10.9. The molecule has 0 bridgehead atoms. The van der Waals surface area contributed by atoms with Gasteiger partial charge in [-0.3, -0.25) is 9.89 Å². The number of fused-ring (bicyclic) bond motifs is 1. The number of H-pyrrole nitrogens is 1. The Morgan fingerprint density at radius 1 is 1.46 bits per heavy atom. The molecule has 0 unspecified atom stereocenters. The Bertz CT molecular complexity index is 474. The van der Waals surface area contributed by atoms with Crippen molar-refractivity contribution in [1.82, 2.24) is 10.2 Å². The van der Waals surface area contributed by atoms with E-state index in [1.807, 2.05) is 0 Å². The Kier molecular flexibility index (Phi) is 1.45. The lowest BCUT2D eigenvalue weighted by molar-refractivity contribution is 0.100. The number of primary amides is 1. The van der Waals surface area contributed by atoms with E-state index in [1.165, 1.54) is 0 Å². The number of nitrogens with zero attached hydrogens (tertiary/aromatic N) is 1. The van der Waals surface area contributed by atoms with Crippen molar-refractivity contribution < 1.29 is 4.79 Å². The Hall–Kier alpha value is -2.04. The number of hydrogen-bond donors (Lipinski definition) is 3. The number of rotatable bonds is 1. The van der Waals surface area contributed by atoms with E-state index in [9.17, 15) is 4.79 Å². The van der Waals surface area contributed by atoms with Gasteiger partial charge >= 0.3 is 0 Å². The highest BCUT2D eigenvalue weighted by molar-refractivity contribution is 6.02. The lowest BCUT2D eigenvalue weighted by Gasteiger charge is -2.00. The number of nitrogens with two attached hydrogens (primary N) is 2. The first-order chi connectivity index (χ1) is 6.18. The number of anilines is 1. The summed E-state index contributed by atoms with van der Waals surface area (Å²) in [6.45, 7) is 0. The molecule has 2 aromatic rings. The van der Waals surface area contributed by atoms with Gasteiger partial charge in [0.2, 0.25) is 0 Å². The number of nitrogens with one attached hydrogen (secondary N) is 1. The minimum absolute atomic E-state index is 0.316. The molecule has 0 aliphatic carbocycles. The second-order valence-electron chi connectivity index (χ2n) is 2.76. The number of nitrogen functional groups attached to an aromatic ring is 1. The van der Waals surface area contributed by atoms with Gasteiger partial charge in [0, 0.05) is 11.1 Å². The summed E-state index contributed by atoms with van der Waals surface area (Å²) < 4.78 is 0. The van der Waals surface area contributed by atoms with E-state index in [4.69, 9.17) is 11.5 Å². The number of hydrogen-bond acceptors (Lipinski definition) is 3. The van der Waals surface area contributed by atoms with Gasteiger partial charge in [0.05, 0.1) is 17.3 Å². The van der Waals surface area contributed by atoms with E-state index in [2.05, 4.69) is 10.2 Å². The first-order valence-electron chi connectivity index (χ1n) is 3.71. The molecule has 5 nitrogen and oxygen atoms in total. The third kappa shape index (κ3) is 1.10. The van der Waals surface area contributed by atoms with Crippen molar-refractivity contribution in [3.05, 3.63) is 23.9 Å². The molecule has 1 aromatic heterocycles. The third-order valence-electron chi connectivity index (χ3n) is 1.88. The Morgan fingerprint density at radius 3 is 2.92 bits per heavy atom. The highest BCUT2D eigenvalue weighted by atomic mass is 16.1. The first kappa shape index (κ1) is 7.60. The molecular formula is C8H8N4O. The van der Waals surface area contributed by atoms with Gasteiger partial charge in [-0.15, -0.1) is 0 Å². The van der Waals surface area contributed by atoms with Gasteiger partial charge in [0.1, 0.15) is 0 Å². The van der Waals surface area contributed by atoms with Crippen LogP contribution in [0.5, 0.6) is 0 Å². The summed E-state index contributed by atoms with van der Waals surface area (Å²) in [4.78, 5) is 10.9. The van der Waals surface area contributed by atoms with E-state index < -0.39 is 5.91 Å². The number of aromatic nitrogens is 2. The van der Waals surface area contributed by atoms with Gasteiger partial charge in [0.15, 0.2) is 0 Å². The molecule has 66 valence electrons. The summed E-state index contributed by atoms with van der Waals surface area (Å²) in [7, 11) is 0. The van der Waals surface area contributed by atoms with E-state index >= 15 is 0 Å². The lowest BCUT2D eigenvalue weighted by Crippen LogP contribution is -2.13. The zero-order valence-corrected chi connectivity index (χ0v) is 6.74. The van der Waals surface area contributed by atoms with Gasteiger partial charge in [-0.2, -0.15) is 5.10 Å². The highest BCUT2D eigenvalue weighted by Crippen LogP contribution is 2.19. The molecule has 1 amide bonds. The topological polar surface area (TPSA) is 97.8 Å². The molecule has 0 radical (unpaired) electrons. The summed E-state index contributed by atoms with van der Waals surface area (Å²) >= 11 is 0. The number of carbonyl (C=O) groups excluding carboxylic acids is 1. The van der Waals surface area contributed by atoms with Crippen LogP contribution in [-0.4, -0.2) is 16.1 Å². The largest absolute Gasteiger partial charge is 0.398 e. The third-order valence-corrected chi connectivity index (χ3v) is 1.88. The van der Waals surface area contributed by atoms with Crippen LogP contribution in [0.2, 0.25) is 0 Å². The van der Waals surface area contributed by atoms with Crippen molar-refractivity contribution >= 4 is 22.5 Å². The van der Waals surface area contributed by atoms with Crippen LogP contribution in [-0.2, 0) is 0 Å². The molecular weight excluding hydrogens is 168 g/mol. The van der Waals surface area contributed by atoms with E-state index in [0.717, 1.165) is 10.9 Å². The van der Waals surface area contributed by atoms with Crippen LogP contribution in [0.25, 0.3) is 10.9 Å². The zero-order chi connectivity index (χ0) is 9.42. The van der Waals surface area contributed by atoms with Gasteiger partial charge in [-0.25, -0.2) is 0 Å². The molecule has 0 saturated heterocycles. The average Bonchev–Trinajstić information content (AvgIpc) is 2.48. The molecule has 1 heterocycles. The Balaban J connectivity index is 2.76. The Labute approximate surface area is 73.7 Å². The number of amides is 1. The number of aromatic amines is 1. The zero-order valence-electron chi connectivity index (χ0n) is 6.74. The second-order valence-corrected chi connectivity index (χ2v) is 2.76. The van der Waals surface area contributed by atoms with Crippen LogP contribution in [0.3, 0.4) is 0 Å². The van der Waals surface area contributed by atoms with E-state index in [1.54, 1.807) is 18.3 Å². The van der Waals surface area contributed by atoms with Crippen molar-refractivity contribution in [3.63, 3.8) is 0 Å². The number of carbonyl (C=O) groups is 1. The predicted octanol–water partition coefficient (Wildman–Crippen LogP) is 0.244. The van der Waals surface area contributed by atoms with Crippen LogP contribution in [0.15, 0.2) is 18.3 Å². The smallest absolute Gasteiger partial charge is 0.250 e. The minimum Gasteiger partial charge on any atom is -0.398 e. The average molecular weight is 176 g/mol. The van der Waals surface area contributed by atoms with Crippen molar-refractivity contribution in [2.75, 3.05) is 5.73 Å². The van der Waals surface area contributed by atoms with Gasteiger partial charge < -0.3 is 11.5 Å². The van der Waals surface area contributed by atoms with E-state index in [0.29, 0.717) is 11.3 Å². The van der Waals surface area contributed by atoms with Gasteiger partial charge in [-0.05, 0) is 12.1 Å². The van der Waals surface area contributed by atoms with E-state index in [-0.39, 0.29) is 0 Å². The lowest BCUT2D eigenvalue weighted by atomic mass is 10.1. The first-order valence-corrected chi connectivity index (χ1v) is 3.71. The molecule has 0 atom stereocenters. The van der Waals surface area contributed by atoms with Gasteiger partial charge in [0.25, 0.3) is 5.91 Å². The maximum absolute atomic E-state index is 10.9. The summed E-state index contributed by atoms with van der Waals surface area (Å²) in [5.74, 6) is -0.533. The predicted molar refractivity (Wildman–Crippen MR) is 49.0 cm³/mol. The summed E-state index contributed by atoms with van der Waals surface area (Å²) in [5.41, 5.74) is 12.2. The van der Waals surface area contributed by atoms with Crippen LogP contribution in [0, 0.1) is 0 Å². The van der Waals surface area contributed by atoms with Crippen molar-refractivity contribution in [2.24, 2.45) is 5.73 Å². The second kappa shape index (κ2) is 2.48. The minimum atomic E-state index is -0.533. The standard InChI is InChI=1S/C8H8N4O/c9-6-1-4-3-11-12-7(4)2-5(6)8(10)13/h1-3H,9H2,(H2,10,13)(H,11,12).